The molecule has 0 aliphatic heterocycles. The van der Waals surface area contributed by atoms with Crippen LogP contribution >= 0.6 is 11.8 Å². The zero-order valence-corrected chi connectivity index (χ0v) is 16.4. The maximum atomic E-state index is 12.5. The molecule has 8 heteroatoms. The van der Waals surface area contributed by atoms with E-state index in [1.165, 1.54) is 18.1 Å². The molecule has 28 heavy (non-hydrogen) atoms. The van der Waals surface area contributed by atoms with E-state index >= 15 is 0 Å². The lowest BCUT2D eigenvalue weighted by atomic mass is 10.3. The number of aromatic nitrogens is 4. The topological polar surface area (TPSA) is 77.1 Å². The fraction of sp³-hybridized carbons (Fsp3) is 0.200. The highest BCUT2D eigenvalue weighted by Gasteiger charge is 2.15. The number of benzene rings is 1. The number of hydrogen-bond donors (Lipinski definition) is 0. The number of furan rings is 1. The van der Waals surface area contributed by atoms with E-state index in [-0.39, 0.29) is 11.7 Å². The summed E-state index contributed by atoms with van der Waals surface area (Å²) in [5, 5.41) is 6.01. The van der Waals surface area contributed by atoms with Crippen LogP contribution in [0.1, 0.15) is 11.5 Å². The Morgan fingerprint density at radius 1 is 1.18 bits per heavy atom. The molecule has 0 saturated carbocycles. The molecule has 0 fully saturated rings. The Labute approximate surface area is 166 Å². The average Bonchev–Trinajstić information content (AvgIpc) is 3.33. The van der Waals surface area contributed by atoms with Gasteiger partial charge in [0.2, 0.25) is 5.91 Å². The predicted octanol–water partition coefficient (Wildman–Crippen LogP) is 3.47. The smallest absolute Gasteiger partial charge is 0.233 e. The Hall–Kier alpha value is -3.13. The standard InChI is InChI=1S/C20H19N5O2S/c1-14-8-9-16(27-14)11-24(2)18(26)12-28-20-17-10-23-25(19(17)21-13-22-20)15-6-4-3-5-7-15/h3-10,13H,11-12H2,1-2H3. The van der Waals surface area contributed by atoms with Crippen LogP contribution in [0.5, 0.6) is 0 Å². The summed E-state index contributed by atoms with van der Waals surface area (Å²) in [6, 6.07) is 13.6. The summed E-state index contributed by atoms with van der Waals surface area (Å²) in [6.45, 7) is 2.33. The van der Waals surface area contributed by atoms with Gasteiger partial charge in [-0.1, -0.05) is 30.0 Å². The third kappa shape index (κ3) is 3.77. The number of nitrogens with zero attached hydrogens (tertiary/aromatic N) is 5. The van der Waals surface area contributed by atoms with Gasteiger partial charge in [-0.2, -0.15) is 5.10 Å². The summed E-state index contributed by atoms with van der Waals surface area (Å²) < 4.78 is 7.31. The molecule has 3 heterocycles. The fourth-order valence-electron chi connectivity index (χ4n) is 2.83. The molecule has 0 spiro atoms. The van der Waals surface area contributed by atoms with Crippen molar-refractivity contribution >= 4 is 28.7 Å². The van der Waals surface area contributed by atoms with Gasteiger partial charge in [0.15, 0.2) is 5.65 Å². The van der Waals surface area contributed by atoms with Crippen molar-refractivity contribution in [1.82, 2.24) is 24.6 Å². The Morgan fingerprint density at radius 3 is 2.75 bits per heavy atom. The number of fused-ring (bicyclic) bond motifs is 1. The Morgan fingerprint density at radius 2 is 2.00 bits per heavy atom. The van der Waals surface area contributed by atoms with E-state index in [1.807, 2.05) is 49.4 Å². The molecule has 7 nitrogen and oxygen atoms in total. The van der Waals surface area contributed by atoms with Crippen molar-refractivity contribution in [3.8, 4) is 5.69 Å². The first-order valence-electron chi connectivity index (χ1n) is 8.78. The molecule has 4 aromatic rings. The van der Waals surface area contributed by atoms with Crippen LogP contribution in [0, 0.1) is 6.92 Å². The van der Waals surface area contributed by atoms with E-state index in [2.05, 4.69) is 15.1 Å². The molecule has 0 aliphatic carbocycles. The number of thioether (sulfide) groups is 1. The summed E-state index contributed by atoms with van der Waals surface area (Å²) in [4.78, 5) is 22.8. The lowest BCUT2D eigenvalue weighted by molar-refractivity contribution is -0.127. The molecule has 142 valence electrons. The molecule has 1 amide bonds. The Balaban J connectivity index is 1.48. The summed E-state index contributed by atoms with van der Waals surface area (Å²) in [5.41, 5.74) is 1.65. The summed E-state index contributed by atoms with van der Waals surface area (Å²) in [5.74, 6) is 1.89. The van der Waals surface area contributed by atoms with Crippen molar-refractivity contribution in [1.29, 1.82) is 0 Å². The number of carbonyl (C=O) groups is 1. The van der Waals surface area contributed by atoms with Gasteiger partial charge in [-0.15, -0.1) is 0 Å². The molecule has 0 N–H and O–H groups in total. The number of hydrogen-bond acceptors (Lipinski definition) is 6. The number of amides is 1. The monoisotopic (exact) mass is 393 g/mol. The molecule has 1 aromatic carbocycles. The van der Waals surface area contributed by atoms with Crippen molar-refractivity contribution in [2.45, 2.75) is 18.5 Å². The molecule has 4 rings (SSSR count). The van der Waals surface area contributed by atoms with Crippen molar-refractivity contribution in [3.63, 3.8) is 0 Å². The number of aryl methyl sites for hydroxylation is 1. The van der Waals surface area contributed by atoms with Crippen molar-refractivity contribution in [3.05, 3.63) is 66.5 Å². The minimum Gasteiger partial charge on any atom is -0.464 e. The van der Waals surface area contributed by atoms with E-state index in [1.54, 1.807) is 22.8 Å². The average molecular weight is 393 g/mol. The molecule has 3 aromatic heterocycles. The van der Waals surface area contributed by atoms with Crippen LogP contribution in [-0.4, -0.2) is 43.4 Å². The van der Waals surface area contributed by atoms with Crippen LogP contribution in [0.15, 0.2) is 64.4 Å². The van der Waals surface area contributed by atoms with Crippen LogP contribution in [0.2, 0.25) is 0 Å². The fourth-order valence-corrected chi connectivity index (χ4v) is 3.73. The van der Waals surface area contributed by atoms with Crippen LogP contribution in [0.25, 0.3) is 16.7 Å². The number of rotatable bonds is 6. The maximum Gasteiger partial charge on any atom is 0.233 e. The Bertz CT molecular complexity index is 1110. The maximum absolute atomic E-state index is 12.5. The molecule has 0 saturated heterocycles. The van der Waals surface area contributed by atoms with Gasteiger partial charge in [-0.25, -0.2) is 14.6 Å². The van der Waals surface area contributed by atoms with Crippen molar-refractivity contribution < 1.29 is 9.21 Å². The third-order valence-electron chi connectivity index (χ3n) is 4.28. The molecule has 0 bridgehead atoms. The highest BCUT2D eigenvalue weighted by atomic mass is 32.2. The third-order valence-corrected chi connectivity index (χ3v) is 5.27. The normalized spacial score (nSPS) is 11.1. The van der Waals surface area contributed by atoms with Gasteiger partial charge in [-0.05, 0) is 31.2 Å². The van der Waals surface area contributed by atoms with Gasteiger partial charge in [0.05, 0.1) is 29.6 Å². The largest absolute Gasteiger partial charge is 0.464 e. The number of carbonyl (C=O) groups excluding carboxylic acids is 1. The second-order valence-corrected chi connectivity index (χ2v) is 7.32. The van der Waals surface area contributed by atoms with Crippen LogP contribution in [0.4, 0.5) is 0 Å². The van der Waals surface area contributed by atoms with E-state index in [4.69, 9.17) is 4.42 Å². The quantitative estimate of drug-likeness (QED) is 0.369. The van der Waals surface area contributed by atoms with E-state index in [9.17, 15) is 4.79 Å². The summed E-state index contributed by atoms with van der Waals surface area (Å²) in [7, 11) is 1.77. The zero-order chi connectivity index (χ0) is 19.5. The van der Waals surface area contributed by atoms with Crippen molar-refractivity contribution in [2.24, 2.45) is 0 Å². The van der Waals surface area contributed by atoms with E-state index in [0.29, 0.717) is 6.54 Å². The first-order valence-corrected chi connectivity index (χ1v) is 9.76. The first-order chi connectivity index (χ1) is 13.6. The van der Waals surface area contributed by atoms with Gasteiger partial charge < -0.3 is 9.32 Å². The summed E-state index contributed by atoms with van der Waals surface area (Å²) >= 11 is 1.38. The van der Waals surface area contributed by atoms with E-state index in [0.717, 1.165) is 33.3 Å². The second kappa shape index (κ2) is 7.85. The second-order valence-electron chi connectivity index (χ2n) is 6.36. The number of para-hydroxylation sites is 1. The minimum absolute atomic E-state index is 0.00117. The summed E-state index contributed by atoms with van der Waals surface area (Å²) in [6.07, 6.45) is 3.25. The van der Waals surface area contributed by atoms with Crippen LogP contribution in [-0.2, 0) is 11.3 Å². The molecule has 0 aliphatic rings. The van der Waals surface area contributed by atoms with Gasteiger partial charge in [0, 0.05) is 7.05 Å². The minimum atomic E-state index is 0.00117. The molecule has 0 unspecified atom stereocenters. The van der Waals surface area contributed by atoms with Crippen LogP contribution in [0.3, 0.4) is 0 Å². The zero-order valence-electron chi connectivity index (χ0n) is 15.6. The van der Waals surface area contributed by atoms with Gasteiger partial charge in [-0.3, -0.25) is 4.79 Å². The van der Waals surface area contributed by atoms with Crippen LogP contribution < -0.4 is 0 Å². The highest BCUT2D eigenvalue weighted by Crippen LogP contribution is 2.26. The Kier molecular flexibility index (Phi) is 5.12. The lowest BCUT2D eigenvalue weighted by Gasteiger charge is -2.15. The predicted molar refractivity (Wildman–Crippen MR) is 107 cm³/mol. The highest BCUT2D eigenvalue weighted by molar-refractivity contribution is 8.00. The van der Waals surface area contributed by atoms with Gasteiger partial charge in [0.25, 0.3) is 0 Å². The van der Waals surface area contributed by atoms with Gasteiger partial charge >= 0.3 is 0 Å². The van der Waals surface area contributed by atoms with Crippen molar-refractivity contribution in [2.75, 3.05) is 12.8 Å². The van der Waals surface area contributed by atoms with Gasteiger partial charge in [0.1, 0.15) is 22.9 Å². The molecular formula is C20H19N5O2S. The molecular weight excluding hydrogens is 374 g/mol. The first kappa shape index (κ1) is 18.2. The molecule has 0 atom stereocenters. The lowest BCUT2D eigenvalue weighted by Crippen LogP contribution is -2.27. The van der Waals surface area contributed by atoms with E-state index < -0.39 is 0 Å². The molecule has 0 radical (unpaired) electrons. The SMILES string of the molecule is Cc1ccc(CN(C)C(=O)CSc2ncnc3c2cnn3-c2ccccc2)o1.